The summed E-state index contributed by atoms with van der Waals surface area (Å²) in [6, 6.07) is 3.18. The summed E-state index contributed by atoms with van der Waals surface area (Å²) >= 11 is 7.37. The highest BCUT2D eigenvalue weighted by Gasteiger charge is 2.14. The number of carbonyl (C=O) groups excluding carboxylic acids is 1. The first-order valence-electron chi connectivity index (χ1n) is 5.26. The van der Waals surface area contributed by atoms with Gasteiger partial charge in [-0.05, 0) is 6.07 Å². The Kier molecular flexibility index (Phi) is 4.24. The fourth-order valence-electron chi connectivity index (χ4n) is 1.47. The number of rotatable bonds is 4. The Balaban J connectivity index is 2.29. The number of nitrogens with zero attached hydrogens (tertiary/aromatic N) is 1. The normalized spacial score (nSPS) is 10.1. The minimum Gasteiger partial charge on any atom is -0.495 e. The van der Waals surface area contributed by atoms with E-state index in [1.165, 1.54) is 25.6 Å². The molecule has 0 radical (unpaired) electrons. The van der Waals surface area contributed by atoms with E-state index in [2.05, 4.69) is 10.3 Å². The van der Waals surface area contributed by atoms with Crippen LogP contribution in [0.4, 0.5) is 5.69 Å². The molecule has 1 heterocycles. The number of carbonyl (C=O) groups is 1. The van der Waals surface area contributed by atoms with Crippen LogP contribution in [0.1, 0.15) is 10.5 Å². The van der Waals surface area contributed by atoms with Crippen molar-refractivity contribution in [1.82, 2.24) is 4.98 Å². The summed E-state index contributed by atoms with van der Waals surface area (Å²) in [5, 5.41) is 4.74. The zero-order valence-corrected chi connectivity index (χ0v) is 11.8. The number of nitrogens with one attached hydrogen (secondary N) is 1. The van der Waals surface area contributed by atoms with E-state index in [9.17, 15) is 4.79 Å². The summed E-state index contributed by atoms with van der Waals surface area (Å²) < 4.78 is 10.3. The predicted octanol–water partition coefficient (Wildman–Crippen LogP) is 3.07. The molecule has 1 amide bonds. The second kappa shape index (κ2) is 5.90. The maximum absolute atomic E-state index is 11.9. The van der Waals surface area contributed by atoms with Gasteiger partial charge in [-0.15, -0.1) is 11.3 Å². The van der Waals surface area contributed by atoms with Crippen LogP contribution in [0.3, 0.4) is 0 Å². The molecule has 0 unspecified atom stereocenters. The zero-order valence-electron chi connectivity index (χ0n) is 10.3. The van der Waals surface area contributed by atoms with Gasteiger partial charge in [-0.25, -0.2) is 4.98 Å². The van der Waals surface area contributed by atoms with Crippen LogP contribution in [-0.4, -0.2) is 25.1 Å². The number of hydrogen-bond donors (Lipinski definition) is 1. The summed E-state index contributed by atoms with van der Waals surface area (Å²) in [6.45, 7) is 0. The van der Waals surface area contributed by atoms with Gasteiger partial charge in [-0.2, -0.15) is 0 Å². The number of halogens is 1. The van der Waals surface area contributed by atoms with E-state index in [0.29, 0.717) is 27.9 Å². The second-order valence-electron chi connectivity index (χ2n) is 3.51. The van der Waals surface area contributed by atoms with Gasteiger partial charge in [0.25, 0.3) is 5.91 Å². The molecule has 1 N–H and O–H groups in total. The van der Waals surface area contributed by atoms with Crippen LogP contribution in [0, 0.1) is 0 Å². The number of benzene rings is 1. The van der Waals surface area contributed by atoms with Crippen molar-refractivity contribution >= 4 is 34.5 Å². The number of anilines is 1. The molecule has 0 bridgehead atoms. The molecule has 1 aromatic heterocycles. The third-order valence-electron chi connectivity index (χ3n) is 2.39. The van der Waals surface area contributed by atoms with E-state index < -0.39 is 0 Å². The predicted molar refractivity (Wildman–Crippen MR) is 74.6 cm³/mol. The number of ether oxygens (including phenoxy) is 2. The van der Waals surface area contributed by atoms with Crippen LogP contribution in [0.5, 0.6) is 11.5 Å². The van der Waals surface area contributed by atoms with Crippen LogP contribution in [0.2, 0.25) is 5.02 Å². The first-order valence-corrected chi connectivity index (χ1v) is 6.59. The molecule has 0 atom stereocenters. The zero-order chi connectivity index (χ0) is 13.8. The lowest BCUT2D eigenvalue weighted by Crippen LogP contribution is -2.13. The highest BCUT2D eigenvalue weighted by atomic mass is 35.5. The summed E-state index contributed by atoms with van der Waals surface area (Å²) in [5.41, 5.74) is 2.40. The van der Waals surface area contributed by atoms with Gasteiger partial charge in [0.15, 0.2) is 0 Å². The number of thiazole rings is 1. The number of hydrogen-bond acceptors (Lipinski definition) is 5. The number of methoxy groups -OCH3 is 2. The summed E-state index contributed by atoms with van der Waals surface area (Å²) in [4.78, 5) is 15.8. The van der Waals surface area contributed by atoms with Crippen molar-refractivity contribution in [2.24, 2.45) is 0 Å². The Hall–Kier alpha value is -1.79. The Morgan fingerprint density at radius 3 is 2.63 bits per heavy atom. The van der Waals surface area contributed by atoms with Crippen molar-refractivity contribution in [2.75, 3.05) is 19.5 Å². The van der Waals surface area contributed by atoms with Crippen molar-refractivity contribution in [3.8, 4) is 11.5 Å². The lowest BCUT2D eigenvalue weighted by Gasteiger charge is -2.12. The smallest absolute Gasteiger partial charge is 0.275 e. The molecule has 0 saturated heterocycles. The van der Waals surface area contributed by atoms with Crippen LogP contribution >= 0.6 is 22.9 Å². The van der Waals surface area contributed by atoms with Crippen molar-refractivity contribution in [3.05, 3.63) is 33.7 Å². The van der Waals surface area contributed by atoms with E-state index in [1.54, 1.807) is 23.0 Å². The molecule has 5 nitrogen and oxygen atoms in total. The van der Waals surface area contributed by atoms with Crippen LogP contribution in [-0.2, 0) is 0 Å². The molecule has 0 aliphatic rings. The van der Waals surface area contributed by atoms with Gasteiger partial charge in [0, 0.05) is 11.4 Å². The average molecular weight is 299 g/mol. The van der Waals surface area contributed by atoms with Crippen molar-refractivity contribution < 1.29 is 14.3 Å². The van der Waals surface area contributed by atoms with Crippen LogP contribution < -0.4 is 14.8 Å². The molecule has 2 rings (SSSR count). The maximum Gasteiger partial charge on any atom is 0.275 e. The van der Waals surface area contributed by atoms with E-state index in [4.69, 9.17) is 21.1 Å². The van der Waals surface area contributed by atoms with E-state index in [-0.39, 0.29) is 5.91 Å². The van der Waals surface area contributed by atoms with Gasteiger partial charge in [-0.1, -0.05) is 11.6 Å². The Morgan fingerprint density at radius 2 is 2.05 bits per heavy atom. The van der Waals surface area contributed by atoms with E-state index >= 15 is 0 Å². The van der Waals surface area contributed by atoms with Crippen LogP contribution in [0.25, 0.3) is 0 Å². The van der Waals surface area contributed by atoms with Crippen LogP contribution in [0.15, 0.2) is 23.0 Å². The minimum atomic E-state index is -0.319. The largest absolute Gasteiger partial charge is 0.495 e. The Bertz CT molecular complexity index is 587. The molecule has 7 heteroatoms. The first kappa shape index (κ1) is 13.6. The lowest BCUT2D eigenvalue weighted by molar-refractivity contribution is 0.102. The molecule has 0 fully saturated rings. The number of amides is 1. The van der Waals surface area contributed by atoms with Crippen molar-refractivity contribution in [1.29, 1.82) is 0 Å². The maximum atomic E-state index is 11.9. The Labute approximate surface area is 119 Å². The topological polar surface area (TPSA) is 60.5 Å². The third-order valence-corrected chi connectivity index (χ3v) is 3.27. The monoisotopic (exact) mass is 298 g/mol. The van der Waals surface area contributed by atoms with Gasteiger partial charge >= 0.3 is 0 Å². The van der Waals surface area contributed by atoms with Gasteiger partial charge in [-0.3, -0.25) is 4.79 Å². The standard InChI is InChI=1S/C12H11ClN2O3S/c1-17-10-4-11(18-2)8(3-7(10)13)15-12(16)9-5-19-6-14-9/h3-6H,1-2H3,(H,15,16). The fourth-order valence-corrected chi connectivity index (χ4v) is 2.24. The highest BCUT2D eigenvalue weighted by Crippen LogP contribution is 2.36. The molecule has 0 aliphatic carbocycles. The quantitative estimate of drug-likeness (QED) is 0.942. The van der Waals surface area contributed by atoms with Gasteiger partial charge in [0.05, 0.1) is 30.4 Å². The van der Waals surface area contributed by atoms with Gasteiger partial charge in [0.2, 0.25) is 0 Å². The van der Waals surface area contributed by atoms with Gasteiger partial charge < -0.3 is 14.8 Å². The molecule has 19 heavy (non-hydrogen) atoms. The molecule has 0 saturated carbocycles. The fraction of sp³-hybridized carbons (Fsp3) is 0.167. The third kappa shape index (κ3) is 2.97. The minimum absolute atomic E-state index is 0.319. The molecule has 2 aromatic rings. The van der Waals surface area contributed by atoms with Crippen molar-refractivity contribution in [2.45, 2.75) is 0 Å². The summed E-state index contributed by atoms with van der Waals surface area (Å²) in [6.07, 6.45) is 0. The molecule has 0 aliphatic heterocycles. The molecular formula is C12H11ClN2O3S. The number of aromatic nitrogens is 1. The molecule has 100 valence electrons. The van der Waals surface area contributed by atoms with Gasteiger partial charge in [0.1, 0.15) is 17.2 Å². The lowest BCUT2D eigenvalue weighted by atomic mass is 10.2. The highest BCUT2D eigenvalue weighted by molar-refractivity contribution is 7.07. The average Bonchev–Trinajstić information content (AvgIpc) is 2.93. The first-order chi connectivity index (χ1) is 9.15. The molecule has 0 spiro atoms. The molecule has 1 aromatic carbocycles. The summed E-state index contributed by atoms with van der Waals surface area (Å²) in [5.74, 6) is 0.621. The Morgan fingerprint density at radius 1 is 1.32 bits per heavy atom. The van der Waals surface area contributed by atoms with E-state index in [1.807, 2.05) is 0 Å². The van der Waals surface area contributed by atoms with E-state index in [0.717, 1.165) is 0 Å². The summed E-state index contributed by atoms with van der Waals surface area (Å²) in [7, 11) is 3.01. The molecular weight excluding hydrogens is 288 g/mol. The SMILES string of the molecule is COc1cc(OC)c(NC(=O)c2cscn2)cc1Cl. The second-order valence-corrected chi connectivity index (χ2v) is 4.64. The van der Waals surface area contributed by atoms with Crippen molar-refractivity contribution in [3.63, 3.8) is 0 Å².